The predicted molar refractivity (Wildman–Crippen MR) is 80.9 cm³/mol. The zero-order valence-corrected chi connectivity index (χ0v) is 12.5. The van der Waals surface area contributed by atoms with Crippen molar-refractivity contribution in [2.45, 2.75) is 45.1 Å². The predicted octanol–water partition coefficient (Wildman–Crippen LogP) is 3.18. The van der Waals surface area contributed by atoms with Crippen molar-refractivity contribution in [3.8, 4) is 0 Å². The maximum absolute atomic E-state index is 12.4. The number of nitrogens with one attached hydrogen (secondary N) is 1. The molecule has 0 spiro atoms. The van der Waals surface area contributed by atoms with E-state index < -0.39 is 0 Å². The van der Waals surface area contributed by atoms with Gasteiger partial charge in [0.05, 0.1) is 5.56 Å². The molecule has 20 heavy (non-hydrogen) atoms. The molecular weight excluding hydrogens is 250 g/mol. The van der Waals surface area contributed by atoms with E-state index in [0.29, 0.717) is 5.92 Å². The van der Waals surface area contributed by atoms with Gasteiger partial charge in [-0.05, 0) is 56.8 Å². The summed E-state index contributed by atoms with van der Waals surface area (Å²) in [6.45, 7) is 3.10. The monoisotopic (exact) mass is 275 g/mol. The van der Waals surface area contributed by atoms with Crippen molar-refractivity contribution in [2.24, 2.45) is 5.92 Å². The molecule has 110 valence electrons. The summed E-state index contributed by atoms with van der Waals surface area (Å²) in [7, 11) is 1.92. The minimum Gasteiger partial charge on any atom is -0.459 e. The number of carbonyl (C=O) groups excluding carboxylic acids is 1. The quantitative estimate of drug-likeness (QED) is 0.839. The molecule has 1 aliphatic rings. The van der Waals surface area contributed by atoms with Gasteiger partial charge in [0.2, 0.25) is 0 Å². The molecule has 1 N–H and O–H groups in total. The Morgan fingerprint density at radius 3 is 2.90 bits per heavy atom. The van der Waals surface area contributed by atoms with Gasteiger partial charge < -0.3 is 10.1 Å². The normalized spacial score (nSPS) is 22.5. The third kappa shape index (κ3) is 4.07. The van der Waals surface area contributed by atoms with E-state index in [1.54, 1.807) is 0 Å². The number of rotatable bonds is 5. The Hall–Kier alpha value is -1.35. The Balaban J connectivity index is 2.01. The number of ether oxygens (including phenoxy) is 1. The first-order chi connectivity index (χ1) is 9.70. The van der Waals surface area contributed by atoms with Crippen LogP contribution in [0.2, 0.25) is 0 Å². The van der Waals surface area contributed by atoms with Crippen LogP contribution >= 0.6 is 0 Å². The summed E-state index contributed by atoms with van der Waals surface area (Å²) in [6.07, 6.45) is 5.39. The van der Waals surface area contributed by atoms with Gasteiger partial charge in [0.15, 0.2) is 0 Å². The van der Waals surface area contributed by atoms with Crippen LogP contribution in [-0.2, 0) is 11.2 Å². The molecule has 0 aliphatic heterocycles. The molecule has 0 bridgehead atoms. The fraction of sp³-hybridized carbons (Fsp3) is 0.588. The lowest BCUT2D eigenvalue weighted by atomic mass is 9.88. The van der Waals surface area contributed by atoms with Crippen molar-refractivity contribution >= 4 is 5.97 Å². The van der Waals surface area contributed by atoms with Crippen LogP contribution < -0.4 is 5.32 Å². The molecular formula is C17H25NO2. The average molecular weight is 275 g/mol. The molecule has 2 atom stereocenters. The fourth-order valence-electron chi connectivity index (χ4n) is 2.90. The minimum atomic E-state index is -0.157. The number of carbonyl (C=O) groups is 1. The van der Waals surface area contributed by atoms with Crippen LogP contribution in [0.4, 0.5) is 0 Å². The summed E-state index contributed by atoms with van der Waals surface area (Å²) in [6, 6.07) is 7.77. The van der Waals surface area contributed by atoms with Crippen LogP contribution in [0.5, 0.6) is 0 Å². The second-order valence-electron chi connectivity index (χ2n) is 5.81. The van der Waals surface area contributed by atoms with Gasteiger partial charge >= 0.3 is 5.97 Å². The summed E-state index contributed by atoms with van der Waals surface area (Å²) in [5, 5.41) is 3.12. The van der Waals surface area contributed by atoms with Crippen LogP contribution in [0.3, 0.4) is 0 Å². The summed E-state index contributed by atoms with van der Waals surface area (Å²) < 4.78 is 5.71. The van der Waals surface area contributed by atoms with Gasteiger partial charge in [0.1, 0.15) is 6.10 Å². The van der Waals surface area contributed by atoms with Gasteiger partial charge in [-0.15, -0.1) is 0 Å². The first-order valence-corrected chi connectivity index (χ1v) is 7.64. The zero-order chi connectivity index (χ0) is 14.4. The topological polar surface area (TPSA) is 38.3 Å². The third-order valence-electron chi connectivity index (χ3n) is 4.04. The van der Waals surface area contributed by atoms with Crippen molar-refractivity contribution in [2.75, 3.05) is 13.6 Å². The number of likely N-dealkylation sites (N-methyl/N-ethyl adjacent to an activating group) is 1. The van der Waals surface area contributed by atoms with Gasteiger partial charge in [0, 0.05) is 0 Å². The molecule has 0 saturated heterocycles. The van der Waals surface area contributed by atoms with E-state index in [9.17, 15) is 4.79 Å². The standard InChI is InChI=1S/C17H25NO2/c1-13-6-5-8-15(12-13)20-17(19)16-9-4-3-7-14(16)10-11-18-2/h3-4,7,9,13,15,18H,5-6,8,10-12H2,1-2H3. The highest BCUT2D eigenvalue weighted by atomic mass is 16.5. The maximum atomic E-state index is 12.4. The number of hydrogen-bond donors (Lipinski definition) is 1. The smallest absolute Gasteiger partial charge is 0.338 e. The second kappa shape index (κ2) is 7.44. The Bertz CT molecular complexity index is 444. The Labute approximate surface area is 121 Å². The number of benzene rings is 1. The van der Waals surface area contributed by atoms with Gasteiger partial charge in [0.25, 0.3) is 0 Å². The van der Waals surface area contributed by atoms with Crippen molar-refractivity contribution in [3.63, 3.8) is 0 Å². The highest BCUT2D eigenvalue weighted by Crippen LogP contribution is 2.26. The highest BCUT2D eigenvalue weighted by molar-refractivity contribution is 5.91. The summed E-state index contributed by atoms with van der Waals surface area (Å²) >= 11 is 0. The third-order valence-corrected chi connectivity index (χ3v) is 4.04. The van der Waals surface area contributed by atoms with E-state index >= 15 is 0 Å². The summed E-state index contributed by atoms with van der Waals surface area (Å²) in [4.78, 5) is 12.4. The molecule has 2 unspecified atom stereocenters. The second-order valence-corrected chi connectivity index (χ2v) is 5.81. The first kappa shape index (κ1) is 15.0. The lowest BCUT2D eigenvalue weighted by Gasteiger charge is -2.26. The van der Waals surface area contributed by atoms with Crippen molar-refractivity contribution in [3.05, 3.63) is 35.4 Å². The van der Waals surface area contributed by atoms with Gasteiger partial charge in [-0.25, -0.2) is 4.79 Å². The molecule has 1 aromatic carbocycles. The number of hydrogen-bond acceptors (Lipinski definition) is 3. The lowest BCUT2D eigenvalue weighted by molar-refractivity contribution is 0.0154. The van der Waals surface area contributed by atoms with E-state index in [4.69, 9.17) is 4.74 Å². The van der Waals surface area contributed by atoms with E-state index in [0.717, 1.165) is 36.9 Å². The van der Waals surface area contributed by atoms with Crippen molar-refractivity contribution in [1.29, 1.82) is 0 Å². The zero-order valence-electron chi connectivity index (χ0n) is 12.5. The SMILES string of the molecule is CNCCc1ccccc1C(=O)OC1CCCC(C)C1. The highest BCUT2D eigenvalue weighted by Gasteiger charge is 2.23. The Morgan fingerprint density at radius 2 is 2.15 bits per heavy atom. The molecule has 3 nitrogen and oxygen atoms in total. The molecule has 3 heteroatoms. The fourth-order valence-corrected chi connectivity index (χ4v) is 2.90. The van der Waals surface area contributed by atoms with Crippen LogP contribution in [0.25, 0.3) is 0 Å². The van der Waals surface area contributed by atoms with E-state index in [-0.39, 0.29) is 12.1 Å². The number of esters is 1. The first-order valence-electron chi connectivity index (χ1n) is 7.64. The van der Waals surface area contributed by atoms with Crippen LogP contribution in [0, 0.1) is 5.92 Å². The van der Waals surface area contributed by atoms with Gasteiger partial charge in [-0.1, -0.05) is 31.5 Å². The molecule has 0 aromatic heterocycles. The molecule has 1 fully saturated rings. The lowest BCUT2D eigenvalue weighted by Crippen LogP contribution is -2.25. The van der Waals surface area contributed by atoms with E-state index in [1.165, 1.54) is 12.8 Å². The van der Waals surface area contributed by atoms with Crippen molar-refractivity contribution < 1.29 is 9.53 Å². The molecule has 1 aromatic rings. The Kier molecular flexibility index (Phi) is 5.60. The minimum absolute atomic E-state index is 0.101. The molecule has 0 radical (unpaired) electrons. The van der Waals surface area contributed by atoms with Gasteiger partial charge in [-0.3, -0.25) is 0 Å². The van der Waals surface area contributed by atoms with E-state index in [1.807, 2.05) is 31.3 Å². The van der Waals surface area contributed by atoms with E-state index in [2.05, 4.69) is 12.2 Å². The summed E-state index contributed by atoms with van der Waals surface area (Å²) in [5.41, 5.74) is 1.79. The molecule has 1 aliphatic carbocycles. The van der Waals surface area contributed by atoms with Gasteiger partial charge in [-0.2, -0.15) is 0 Å². The van der Waals surface area contributed by atoms with Crippen LogP contribution in [0.1, 0.15) is 48.5 Å². The maximum Gasteiger partial charge on any atom is 0.338 e. The average Bonchev–Trinajstić information content (AvgIpc) is 2.45. The summed E-state index contributed by atoms with van der Waals surface area (Å²) in [5.74, 6) is 0.511. The van der Waals surface area contributed by atoms with Crippen LogP contribution in [-0.4, -0.2) is 25.7 Å². The molecule has 0 amide bonds. The molecule has 2 rings (SSSR count). The molecule has 0 heterocycles. The largest absolute Gasteiger partial charge is 0.459 e. The molecule has 1 saturated carbocycles. The Morgan fingerprint density at radius 1 is 1.35 bits per heavy atom. The van der Waals surface area contributed by atoms with Crippen molar-refractivity contribution in [1.82, 2.24) is 5.32 Å². The van der Waals surface area contributed by atoms with Crippen LogP contribution in [0.15, 0.2) is 24.3 Å².